The van der Waals surface area contributed by atoms with Crippen LogP contribution in [-0.4, -0.2) is 10.9 Å². The first-order valence-electron chi connectivity index (χ1n) is 8.51. The number of aromatic nitrogens is 1. The molecule has 0 atom stereocenters. The molecule has 0 radical (unpaired) electrons. The number of H-pyrrole nitrogens is 1. The van der Waals surface area contributed by atoms with E-state index in [1.807, 2.05) is 0 Å². The van der Waals surface area contributed by atoms with Gasteiger partial charge in [-0.05, 0) is 36.4 Å². The summed E-state index contributed by atoms with van der Waals surface area (Å²) in [5.74, 6) is -1.86. The van der Waals surface area contributed by atoms with Crippen molar-refractivity contribution in [1.82, 2.24) is 4.98 Å². The Morgan fingerprint density at radius 2 is 1.64 bits per heavy atom. The molecule has 0 unspecified atom stereocenters. The van der Waals surface area contributed by atoms with Crippen molar-refractivity contribution >= 4 is 22.5 Å². The van der Waals surface area contributed by atoms with Crippen LogP contribution in [0.25, 0.3) is 22.0 Å². The molecule has 2 N–H and O–H groups in total. The summed E-state index contributed by atoms with van der Waals surface area (Å²) in [5.41, 5.74) is 0.721. The number of amides is 1. The van der Waals surface area contributed by atoms with Gasteiger partial charge in [0.05, 0.1) is 0 Å². The summed E-state index contributed by atoms with van der Waals surface area (Å²) >= 11 is 0. The van der Waals surface area contributed by atoms with Crippen LogP contribution in [0.1, 0.15) is 10.4 Å². The highest BCUT2D eigenvalue weighted by atomic mass is 19.1. The second-order valence-corrected chi connectivity index (χ2v) is 6.20. The van der Waals surface area contributed by atoms with Crippen molar-refractivity contribution in [2.24, 2.45) is 0 Å². The first-order chi connectivity index (χ1) is 13.5. The van der Waals surface area contributed by atoms with Crippen LogP contribution < -0.4 is 10.7 Å². The van der Waals surface area contributed by atoms with Crippen LogP contribution in [0, 0.1) is 11.6 Å². The number of hydrogen-bond donors (Lipinski definition) is 2. The molecular weight excluding hydrogens is 362 g/mol. The summed E-state index contributed by atoms with van der Waals surface area (Å²) in [7, 11) is 0. The summed E-state index contributed by atoms with van der Waals surface area (Å²) in [6.07, 6.45) is 1.34. The number of anilines is 1. The zero-order chi connectivity index (χ0) is 19.7. The van der Waals surface area contributed by atoms with Gasteiger partial charge >= 0.3 is 0 Å². The van der Waals surface area contributed by atoms with Gasteiger partial charge in [-0.1, -0.05) is 30.3 Å². The van der Waals surface area contributed by atoms with Gasteiger partial charge in [0.15, 0.2) is 0 Å². The summed E-state index contributed by atoms with van der Waals surface area (Å²) in [6, 6.07) is 16.4. The normalized spacial score (nSPS) is 10.8. The van der Waals surface area contributed by atoms with Crippen LogP contribution >= 0.6 is 0 Å². The van der Waals surface area contributed by atoms with Crippen LogP contribution in [0.15, 0.2) is 77.7 Å². The number of fused-ring (bicyclic) bond motifs is 1. The van der Waals surface area contributed by atoms with E-state index >= 15 is 0 Å². The molecule has 0 spiro atoms. The van der Waals surface area contributed by atoms with Gasteiger partial charge in [-0.3, -0.25) is 9.59 Å². The first-order valence-corrected chi connectivity index (χ1v) is 8.51. The Morgan fingerprint density at radius 1 is 0.893 bits per heavy atom. The minimum Gasteiger partial charge on any atom is -0.360 e. The summed E-state index contributed by atoms with van der Waals surface area (Å²) in [6.45, 7) is 0. The van der Waals surface area contributed by atoms with Crippen molar-refractivity contribution in [1.29, 1.82) is 0 Å². The van der Waals surface area contributed by atoms with Gasteiger partial charge < -0.3 is 10.3 Å². The fourth-order valence-corrected chi connectivity index (χ4v) is 3.06. The Kier molecular flexibility index (Phi) is 4.45. The summed E-state index contributed by atoms with van der Waals surface area (Å²) in [5, 5.41) is 3.02. The van der Waals surface area contributed by atoms with Crippen molar-refractivity contribution in [3.63, 3.8) is 0 Å². The lowest BCUT2D eigenvalue weighted by molar-refractivity contribution is 0.102. The third-order valence-electron chi connectivity index (χ3n) is 4.43. The van der Waals surface area contributed by atoms with E-state index in [0.717, 1.165) is 18.2 Å². The van der Waals surface area contributed by atoms with E-state index in [-0.39, 0.29) is 16.8 Å². The number of benzene rings is 3. The topological polar surface area (TPSA) is 62.0 Å². The SMILES string of the molecule is O=C(Nc1ccccc1-c1cc(F)ccc1F)c1c[nH]c2ccccc2c1=O. The van der Waals surface area contributed by atoms with Crippen LogP contribution in [0.4, 0.5) is 14.5 Å². The molecular formula is C22H14F2N2O2. The number of carbonyl (C=O) groups is 1. The minimum absolute atomic E-state index is 0.0170. The maximum Gasteiger partial charge on any atom is 0.261 e. The highest BCUT2D eigenvalue weighted by Gasteiger charge is 2.16. The predicted octanol–water partition coefficient (Wildman–Crippen LogP) is 4.73. The molecule has 0 saturated carbocycles. The second kappa shape index (κ2) is 7.08. The van der Waals surface area contributed by atoms with Gasteiger partial charge in [-0.25, -0.2) is 8.78 Å². The molecule has 4 rings (SSSR count). The maximum atomic E-state index is 14.2. The maximum absolute atomic E-state index is 14.2. The van der Waals surface area contributed by atoms with Gasteiger partial charge in [0.1, 0.15) is 17.2 Å². The molecule has 28 heavy (non-hydrogen) atoms. The van der Waals surface area contributed by atoms with E-state index in [0.29, 0.717) is 16.5 Å². The average Bonchev–Trinajstić information content (AvgIpc) is 2.71. The summed E-state index contributed by atoms with van der Waals surface area (Å²) < 4.78 is 27.8. The molecule has 6 heteroatoms. The molecule has 0 saturated heterocycles. The zero-order valence-electron chi connectivity index (χ0n) is 14.5. The van der Waals surface area contributed by atoms with E-state index < -0.39 is 23.0 Å². The average molecular weight is 376 g/mol. The fourth-order valence-electron chi connectivity index (χ4n) is 3.06. The van der Waals surface area contributed by atoms with Crippen molar-refractivity contribution in [2.45, 2.75) is 0 Å². The van der Waals surface area contributed by atoms with E-state index in [2.05, 4.69) is 10.3 Å². The largest absolute Gasteiger partial charge is 0.360 e. The highest BCUT2D eigenvalue weighted by Crippen LogP contribution is 2.30. The molecule has 3 aromatic carbocycles. The number of halogens is 2. The van der Waals surface area contributed by atoms with Crippen molar-refractivity contribution in [3.05, 3.63) is 100 Å². The number of hydrogen-bond acceptors (Lipinski definition) is 2. The quantitative estimate of drug-likeness (QED) is 0.543. The standard InChI is InChI=1S/C22H14F2N2O2/c23-13-9-10-18(24)16(11-13)14-5-1-4-8-20(14)26-22(28)17-12-25-19-7-3-2-6-15(19)21(17)27/h1-12H,(H,25,27)(H,26,28). The Labute approximate surface area is 158 Å². The van der Waals surface area contributed by atoms with Gasteiger partial charge in [0.2, 0.25) is 5.43 Å². The van der Waals surface area contributed by atoms with Crippen LogP contribution in [-0.2, 0) is 0 Å². The Balaban J connectivity index is 1.75. The third kappa shape index (κ3) is 3.16. The molecule has 1 aromatic heterocycles. The zero-order valence-corrected chi connectivity index (χ0v) is 14.5. The second-order valence-electron chi connectivity index (χ2n) is 6.20. The fraction of sp³-hybridized carbons (Fsp3) is 0. The molecule has 0 fully saturated rings. The smallest absolute Gasteiger partial charge is 0.261 e. The van der Waals surface area contributed by atoms with Crippen molar-refractivity contribution in [2.75, 3.05) is 5.32 Å². The number of rotatable bonds is 3. The molecule has 1 amide bonds. The van der Waals surface area contributed by atoms with E-state index in [1.165, 1.54) is 6.20 Å². The predicted molar refractivity (Wildman–Crippen MR) is 104 cm³/mol. The molecule has 138 valence electrons. The van der Waals surface area contributed by atoms with E-state index in [9.17, 15) is 18.4 Å². The molecule has 4 aromatic rings. The number of para-hydroxylation sites is 2. The van der Waals surface area contributed by atoms with Crippen molar-refractivity contribution in [3.8, 4) is 11.1 Å². The number of aromatic amines is 1. The van der Waals surface area contributed by atoms with E-state index in [4.69, 9.17) is 0 Å². The van der Waals surface area contributed by atoms with Crippen LogP contribution in [0.5, 0.6) is 0 Å². The molecule has 1 heterocycles. The Hall–Kier alpha value is -3.80. The van der Waals surface area contributed by atoms with Gasteiger partial charge in [-0.2, -0.15) is 0 Å². The molecule has 4 nitrogen and oxygen atoms in total. The number of nitrogens with one attached hydrogen (secondary N) is 2. The number of carbonyl (C=O) groups excluding carboxylic acids is 1. The molecule has 0 aliphatic carbocycles. The Bertz CT molecular complexity index is 1260. The number of pyridine rings is 1. The lowest BCUT2D eigenvalue weighted by Crippen LogP contribution is -2.22. The van der Waals surface area contributed by atoms with Crippen LogP contribution in [0.3, 0.4) is 0 Å². The lowest BCUT2D eigenvalue weighted by atomic mass is 10.0. The third-order valence-corrected chi connectivity index (χ3v) is 4.43. The molecule has 0 aliphatic heterocycles. The molecule has 0 bridgehead atoms. The van der Waals surface area contributed by atoms with Crippen LogP contribution in [0.2, 0.25) is 0 Å². The van der Waals surface area contributed by atoms with Crippen molar-refractivity contribution < 1.29 is 13.6 Å². The van der Waals surface area contributed by atoms with Gasteiger partial charge in [0.25, 0.3) is 5.91 Å². The lowest BCUT2D eigenvalue weighted by Gasteiger charge is -2.12. The minimum atomic E-state index is -0.642. The monoisotopic (exact) mass is 376 g/mol. The summed E-state index contributed by atoms with van der Waals surface area (Å²) in [4.78, 5) is 28.3. The molecule has 0 aliphatic rings. The Morgan fingerprint density at radius 3 is 2.50 bits per heavy atom. The van der Waals surface area contributed by atoms with Gasteiger partial charge in [0, 0.05) is 33.9 Å². The highest BCUT2D eigenvalue weighted by molar-refractivity contribution is 6.07. The first kappa shape index (κ1) is 17.6. The van der Waals surface area contributed by atoms with Gasteiger partial charge in [-0.15, -0.1) is 0 Å². The van der Waals surface area contributed by atoms with E-state index in [1.54, 1.807) is 48.5 Å².